The molecular formula is C14H24N4O2S. The summed E-state index contributed by atoms with van der Waals surface area (Å²) in [5, 5.41) is 0. The Morgan fingerprint density at radius 3 is 2.67 bits per heavy atom. The van der Waals surface area contributed by atoms with Gasteiger partial charge in [0.25, 0.3) is 5.56 Å². The number of hydrogen-bond donors (Lipinski definition) is 1. The SMILES string of the molecule is COCCN(CCC(N)=S)c1nccn(C(C)(C)C)c1=O. The van der Waals surface area contributed by atoms with E-state index in [0.717, 1.165) is 0 Å². The van der Waals surface area contributed by atoms with E-state index in [-0.39, 0.29) is 11.1 Å². The van der Waals surface area contributed by atoms with Crippen molar-refractivity contribution in [2.45, 2.75) is 32.7 Å². The van der Waals surface area contributed by atoms with Gasteiger partial charge in [0.1, 0.15) is 0 Å². The van der Waals surface area contributed by atoms with Crippen LogP contribution in [0.1, 0.15) is 27.2 Å². The summed E-state index contributed by atoms with van der Waals surface area (Å²) in [6, 6.07) is 0. The van der Waals surface area contributed by atoms with Gasteiger partial charge in [0, 0.05) is 44.6 Å². The Labute approximate surface area is 130 Å². The smallest absolute Gasteiger partial charge is 0.293 e. The van der Waals surface area contributed by atoms with Crippen LogP contribution in [0.3, 0.4) is 0 Å². The fourth-order valence-electron chi connectivity index (χ4n) is 1.92. The van der Waals surface area contributed by atoms with Gasteiger partial charge >= 0.3 is 0 Å². The molecule has 0 aliphatic heterocycles. The average molecular weight is 312 g/mol. The molecule has 0 saturated carbocycles. The summed E-state index contributed by atoms with van der Waals surface area (Å²) in [4.78, 5) is 19.1. The summed E-state index contributed by atoms with van der Waals surface area (Å²) in [6.07, 6.45) is 3.88. The molecule has 0 atom stereocenters. The maximum atomic E-state index is 12.6. The van der Waals surface area contributed by atoms with Crippen molar-refractivity contribution in [2.24, 2.45) is 5.73 Å². The maximum absolute atomic E-state index is 12.6. The predicted molar refractivity (Wildman–Crippen MR) is 89.0 cm³/mol. The lowest BCUT2D eigenvalue weighted by atomic mass is 10.1. The van der Waals surface area contributed by atoms with E-state index >= 15 is 0 Å². The molecule has 1 aromatic rings. The van der Waals surface area contributed by atoms with Crippen LogP contribution in [0.4, 0.5) is 5.82 Å². The molecule has 0 spiro atoms. The molecule has 1 aromatic heterocycles. The van der Waals surface area contributed by atoms with E-state index in [4.69, 9.17) is 22.7 Å². The highest BCUT2D eigenvalue weighted by Gasteiger charge is 2.19. The van der Waals surface area contributed by atoms with E-state index in [1.807, 2.05) is 25.7 Å². The zero-order valence-electron chi connectivity index (χ0n) is 13.1. The molecule has 0 fully saturated rings. The Morgan fingerprint density at radius 2 is 2.14 bits per heavy atom. The molecule has 0 aliphatic carbocycles. The monoisotopic (exact) mass is 312 g/mol. The van der Waals surface area contributed by atoms with Crippen molar-refractivity contribution in [1.82, 2.24) is 9.55 Å². The summed E-state index contributed by atoms with van der Waals surface area (Å²) in [7, 11) is 1.62. The lowest BCUT2D eigenvalue weighted by Gasteiger charge is -2.26. The van der Waals surface area contributed by atoms with Crippen LogP contribution in [0.15, 0.2) is 17.2 Å². The number of aromatic nitrogens is 2. The largest absolute Gasteiger partial charge is 0.393 e. The summed E-state index contributed by atoms with van der Waals surface area (Å²) in [6.45, 7) is 7.56. The zero-order chi connectivity index (χ0) is 16.0. The maximum Gasteiger partial charge on any atom is 0.293 e. The summed E-state index contributed by atoms with van der Waals surface area (Å²) >= 11 is 4.91. The lowest BCUT2D eigenvalue weighted by Crippen LogP contribution is -2.40. The first-order chi connectivity index (χ1) is 9.77. The van der Waals surface area contributed by atoms with E-state index in [1.165, 1.54) is 0 Å². The fourth-order valence-corrected chi connectivity index (χ4v) is 2.01. The summed E-state index contributed by atoms with van der Waals surface area (Å²) < 4.78 is 6.77. The number of ether oxygens (including phenoxy) is 1. The van der Waals surface area contributed by atoms with Crippen molar-refractivity contribution in [2.75, 3.05) is 31.7 Å². The standard InChI is InChI=1S/C14H24N4O2S/c1-14(2,3)18-8-6-16-12(13(18)19)17(9-10-20-4)7-5-11(15)21/h6,8H,5,7,9-10H2,1-4H3,(H2,15,21). The zero-order valence-corrected chi connectivity index (χ0v) is 13.9. The molecule has 0 aliphatic rings. The Kier molecular flexibility index (Phi) is 6.29. The Bertz CT molecular complexity index is 537. The van der Waals surface area contributed by atoms with E-state index in [0.29, 0.717) is 36.9 Å². The molecule has 0 amide bonds. The Hall–Kier alpha value is -1.47. The van der Waals surface area contributed by atoms with E-state index in [9.17, 15) is 4.79 Å². The van der Waals surface area contributed by atoms with Gasteiger partial charge < -0.3 is 19.9 Å². The van der Waals surface area contributed by atoms with E-state index < -0.39 is 0 Å². The molecule has 2 N–H and O–H groups in total. The van der Waals surface area contributed by atoms with Crippen molar-refractivity contribution in [3.05, 3.63) is 22.7 Å². The van der Waals surface area contributed by atoms with Crippen LogP contribution < -0.4 is 16.2 Å². The summed E-state index contributed by atoms with van der Waals surface area (Å²) in [5.74, 6) is 0.403. The number of anilines is 1. The Balaban J connectivity index is 3.12. The van der Waals surface area contributed by atoms with Gasteiger partial charge in [0.05, 0.1) is 11.6 Å². The number of rotatable bonds is 7. The van der Waals surface area contributed by atoms with Crippen LogP contribution >= 0.6 is 12.2 Å². The topological polar surface area (TPSA) is 73.4 Å². The van der Waals surface area contributed by atoms with Crippen molar-refractivity contribution < 1.29 is 4.74 Å². The third-order valence-electron chi connectivity index (χ3n) is 3.04. The van der Waals surface area contributed by atoms with Crippen LogP contribution in [0.25, 0.3) is 0 Å². The van der Waals surface area contributed by atoms with Crippen LogP contribution in [-0.2, 0) is 10.3 Å². The third kappa shape index (κ3) is 5.09. The first-order valence-electron chi connectivity index (χ1n) is 6.87. The molecule has 0 radical (unpaired) electrons. The lowest BCUT2D eigenvalue weighted by molar-refractivity contribution is 0.205. The molecule has 0 unspecified atom stereocenters. The highest BCUT2D eigenvalue weighted by molar-refractivity contribution is 7.80. The molecule has 0 saturated heterocycles. The molecule has 0 bridgehead atoms. The van der Waals surface area contributed by atoms with Gasteiger partial charge in [-0.15, -0.1) is 0 Å². The minimum absolute atomic E-state index is 0.121. The molecule has 6 nitrogen and oxygen atoms in total. The van der Waals surface area contributed by atoms with E-state index in [2.05, 4.69) is 4.98 Å². The normalized spacial score (nSPS) is 11.4. The van der Waals surface area contributed by atoms with E-state index in [1.54, 1.807) is 24.1 Å². The third-order valence-corrected chi connectivity index (χ3v) is 3.24. The number of hydrogen-bond acceptors (Lipinski definition) is 5. The van der Waals surface area contributed by atoms with Gasteiger partial charge in [0.2, 0.25) is 0 Å². The van der Waals surface area contributed by atoms with Crippen molar-refractivity contribution in [1.29, 1.82) is 0 Å². The number of nitrogens with two attached hydrogens (primary N) is 1. The average Bonchev–Trinajstić information content (AvgIpc) is 2.38. The van der Waals surface area contributed by atoms with Gasteiger partial charge in [-0.25, -0.2) is 4.98 Å². The number of thiocarbonyl (C=S) groups is 1. The second-order valence-electron chi connectivity index (χ2n) is 5.79. The van der Waals surface area contributed by atoms with Gasteiger partial charge in [-0.05, 0) is 20.8 Å². The van der Waals surface area contributed by atoms with Crippen molar-refractivity contribution in [3.8, 4) is 0 Å². The predicted octanol–water partition coefficient (Wildman–Crippen LogP) is 1.13. The number of methoxy groups -OCH3 is 1. The van der Waals surface area contributed by atoms with Crippen LogP contribution in [-0.4, -0.2) is 41.3 Å². The molecular weight excluding hydrogens is 288 g/mol. The molecule has 0 aromatic carbocycles. The highest BCUT2D eigenvalue weighted by atomic mass is 32.1. The first kappa shape index (κ1) is 17.6. The highest BCUT2D eigenvalue weighted by Crippen LogP contribution is 2.12. The van der Waals surface area contributed by atoms with Crippen LogP contribution in [0.5, 0.6) is 0 Å². The van der Waals surface area contributed by atoms with Crippen molar-refractivity contribution >= 4 is 23.0 Å². The minimum atomic E-state index is -0.301. The first-order valence-corrected chi connectivity index (χ1v) is 7.28. The second-order valence-corrected chi connectivity index (χ2v) is 6.32. The molecule has 1 rings (SSSR count). The number of nitrogens with zero attached hydrogens (tertiary/aromatic N) is 3. The fraction of sp³-hybridized carbons (Fsp3) is 0.643. The van der Waals surface area contributed by atoms with Gasteiger partial charge in [-0.2, -0.15) is 0 Å². The van der Waals surface area contributed by atoms with Gasteiger partial charge in [0.15, 0.2) is 5.82 Å². The molecule has 118 valence electrons. The Morgan fingerprint density at radius 1 is 1.48 bits per heavy atom. The van der Waals surface area contributed by atoms with Crippen LogP contribution in [0, 0.1) is 0 Å². The quantitative estimate of drug-likeness (QED) is 0.761. The summed E-state index contributed by atoms with van der Waals surface area (Å²) in [5.41, 5.74) is 5.13. The van der Waals surface area contributed by atoms with Gasteiger partial charge in [-0.3, -0.25) is 4.79 Å². The van der Waals surface area contributed by atoms with Crippen molar-refractivity contribution in [3.63, 3.8) is 0 Å². The molecule has 7 heteroatoms. The minimum Gasteiger partial charge on any atom is -0.393 e. The molecule has 21 heavy (non-hydrogen) atoms. The van der Waals surface area contributed by atoms with Crippen LogP contribution in [0.2, 0.25) is 0 Å². The molecule has 1 heterocycles. The van der Waals surface area contributed by atoms with Gasteiger partial charge in [-0.1, -0.05) is 12.2 Å². The second kappa shape index (κ2) is 7.51.